The second kappa shape index (κ2) is 5.85. The molecule has 1 aromatic carbocycles. The van der Waals surface area contributed by atoms with Gasteiger partial charge in [-0.2, -0.15) is 0 Å². The minimum absolute atomic E-state index is 0.0764. The molecule has 0 saturated carbocycles. The van der Waals surface area contributed by atoms with Gasteiger partial charge in [0.25, 0.3) is 0 Å². The second-order valence-electron chi connectivity index (χ2n) is 5.58. The summed E-state index contributed by atoms with van der Waals surface area (Å²) in [7, 11) is 0. The number of furan rings is 1. The summed E-state index contributed by atoms with van der Waals surface area (Å²) >= 11 is 0. The Balaban J connectivity index is 2.05. The number of aliphatic hydroxyl groups is 1. The average molecular weight is 301 g/mol. The first-order valence-corrected chi connectivity index (χ1v) is 7.32. The molecule has 2 heterocycles. The molecule has 1 aliphatic rings. The lowest BCUT2D eigenvalue weighted by Gasteiger charge is -2.29. The van der Waals surface area contributed by atoms with E-state index in [1.807, 2.05) is 19.1 Å². The molecule has 0 saturated heterocycles. The zero-order valence-corrected chi connectivity index (χ0v) is 12.6. The molecule has 1 aromatic heterocycles. The van der Waals surface area contributed by atoms with Gasteiger partial charge in [-0.15, -0.1) is 0 Å². The number of aliphatic hydroxyl groups excluding tert-OH is 1. The maximum absolute atomic E-state index is 11.4. The first-order chi connectivity index (χ1) is 10.6. The van der Waals surface area contributed by atoms with Crippen LogP contribution in [0.4, 0.5) is 0 Å². The molecular formula is C17H19NO4. The van der Waals surface area contributed by atoms with Crippen molar-refractivity contribution < 1.29 is 19.1 Å². The smallest absolute Gasteiger partial charge is 0.217 e. The van der Waals surface area contributed by atoms with Crippen LogP contribution in [-0.4, -0.2) is 17.6 Å². The van der Waals surface area contributed by atoms with Crippen LogP contribution in [0, 0.1) is 6.92 Å². The van der Waals surface area contributed by atoms with Gasteiger partial charge in [-0.3, -0.25) is 4.79 Å². The van der Waals surface area contributed by atoms with Gasteiger partial charge in [0, 0.05) is 24.5 Å². The maximum Gasteiger partial charge on any atom is 0.217 e. The molecule has 3 rings (SSSR count). The van der Waals surface area contributed by atoms with E-state index in [2.05, 4.69) is 5.32 Å². The third-order valence-electron chi connectivity index (χ3n) is 3.80. The average Bonchev–Trinajstić information content (AvgIpc) is 3.00. The summed E-state index contributed by atoms with van der Waals surface area (Å²) in [5.74, 6) is 1.03. The molecule has 2 unspecified atom stereocenters. The Morgan fingerprint density at radius 1 is 1.45 bits per heavy atom. The van der Waals surface area contributed by atoms with Crippen LogP contribution in [0.5, 0.6) is 5.75 Å². The third kappa shape index (κ3) is 2.72. The fourth-order valence-corrected chi connectivity index (χ4v) is 2.89. The number of ether oxygens (including phenoxy) is 1. The molecule has 2 N–H and O–H groups in total. The molecule has 22 heavy (non-hydrogen) atoms. The molecule has 5 heteroatoms. The van der Waals surface area contributed by atoms with Gasteiger partial charge >= 0.3 is 0 Å². The lowest BCUT2D eigenvalue weighted by molar-refractivity contribution is -0.119. The first-order valence-electron chi connectivity index (χ1n) is 7.32. The zero-order valence-electron chi connectivity index (χ0n) is 12.6. The highest BCUT2D eigenvalue weighted by Gasteiger charge is 2.28. The summed E-state index contributed by atoms with van der Waals surface area (Å²) in [6.07, 6.45) is 1.35. The van der Waals surface area contributed by atoms with Crippen molar-refractivity contribution in [3.63, 3.8) is 0 Å². The summed E-state index contributed by atoms with van der Waals surface area (Å²) < 4.78 is 11.1. The van der Waals surface area contributed by atoms with E-state index in [1.165, 1.54) is 13.2 Å². The number of hydrogen-bond acceptors (Lipinski definition) is 4. The molecule has 0 bridgehead atoms. The summed E-state index contributed by atoms with van der Waals surface area (Å²) in [5, 5.41) is 13.5. The fourth-order valence-electron chi connectivity index (χ4n) is 2.89. The number of carbonyl (C=O) groups excluding carboxylic acids is 1. The Hall–Kier alpha value is -2.27. The molecule has 0 aliphatic carbocycles. The number of nitrogens with one attached hydrogen (secondary N) is 1. The number of benzene rings is 1. The summed E-state index contributed by atoms with van der Waals surface area (Å²) in [4.78, 5) is 11.4. The molecule has 2 atom stereocenters. The zero-order chi connectivity index (χ0) is 15.7. The molecule has 5 nitrogen and oxygen atoms in total. The largest absolute Gasteiger partial charge is 0.493 e. The van der Waals surface area contributed by atoms with Crippen LogP contribution < -0.4 is 10.1 Å². The highest BCUT2D eigenvalue weighted by atomic mass is 16.5. The number of hydrogen-bond donors (Lipinski definition) is 2. The van der Waals surface area contributed by atoms with Gasteiger partial charge in [-0.25, -0.2) is 0 Å². The van der Waals surface area contributed by atoms with E-state index in [0.29, 0.717) is 30.1 Å². The predicted molar refractivity (Wildman–Crippen MR) is 80.6 cm³/mol. The van der Waals surface area contributed by atoms with Crippen LogP contribution in [-0.2, 0) is 4.79 Å². The Morgan fingerprint density at radius 3 is 2.95 bits per heavy atom. The Bertz CT molecular complexity index is 678. The Labute approximate surface area is 128 Å². The number of amides is 1. The van der Waals surface area contributed by atoms with Gasteiger partial charge in [0.15, 0.2) is 0 Å². The normalized spacial score (nSPS) is 18.2. The van der Waals surface area contributed by atoms with E-state index >= 15 is 0 Å². The molecular weight excluding hydrogens is 282 g/mol. The number of carbonyl (C=O) groups is 1. The Kier molecular flexibility index (Phi) is 3.90. The van der Waals surface area contributed by atoms with E-state index in [9.17, 15) is 9.90 Å². The SMILES string of the molecule is CC(=O)NC1CCOc2c1cc(C)cc2C(O)c1ccco1. The standard InChI is InChI=1S/C17H19NO4/c1-10-8-12-14(18-11(2)19)5-7-22-17(12)13(9-10)16(20)15-4-3-6-21-15/h3-4,6,8-9,14,16,20H,5,7H2,1-2H3,(H,18,19). The third-order valence-corrected chi connectivity index (χ3v) is 3.80. The topological polar surface area (TPSA) is 71.7 Å². The number of aryl methyl sites for hydroxylation is 1. The lowest BCUT2D eigenvalue weighted by atomic mass is 9.92. The van der Waals surface area contributed by atoms with Gasteiger partial charge in [-0.05, 0) is 25.1 Å². The molecule has 0 spiro atoms. The van der Waals surface area contributed by atoms with Gasteiger partial charge in [-0.1, -0.05) is 11.6 Å². The van der Waals surface area contributed by atoms with Crippen molar-refractivity contribution in [1.29, 1.82) is 0 Å². The summed E-state index contributed by atoms with van der Waals surface area (Å²) in [6, 6.07) is 7.26. The highest BCUT2D eigenvalue weighted by molar-refractivity contribution is 5.73. The van der Waals surface area contributed by atoms with E-state index in [-0.39, 0.29) is 11.9 Å². The quantitative estimate of drug-likeness (QED) is 0.914. The number of rotatable bonds is 3. The lowest BCUT2D eigenvalue weighted by Crippen LogP contribution is -2.31. The van der Waals surface area contributed by atoms with E-state index < -0.39 is 6.10 Å². The van der Waals surface area contributed by atoms with Crippen LogP contribution in [0.1, 0.15) is 47.9 Å². The van der Waals surface area contributed by atoms with E-state index in [4.69, 9.17) is 9.15 Å². The minimum Gasteiger partial charge on any atom is -0.493 e. The molecule has 2 aromatic rings. The first kappa shape index (κ1) is 14.7. The second-order valence-corrected chi connectivity index (χ2v) is 5.58. The van der Waals surface area contributed by atoms with Crippen molar-refractivity contribution in [1.82, 2.24) is 5.32 Å². The van der Waals surface area contributed by atoms with Crippen LogP contribution in [0.2, 0.25) is 0 Å². The van der Waals surface area contributed by atoms with Crippen molar-refractivity contribution in [2.45, 2.75) is 32.4 Å². The fraction of sp³-hybridized carbons (Fsp3) is 0.353. The highest BCUT2D eigenvalue weighted by Crippen LogP contribution is 2.40. The Morgan fingerprint density at radius 2 is 2.27 bits per heavy atom. The van der Waals surface area contributed by atoms with E-state index in [1.54, 1.807) is 12.1 Å². The number of fused-ring (bicyclic) bond motifs is 1. The maximum atomic E-state index is 11.4. The van der Waals surface area contributed by atoms with Crippen LogP contribution in [0.3, 0.4) is 0 Å². The van der Waals surface area contributed by atoms with Crippen molar-refractivity contribution >= 4 is 5.91 Å². The molecule has 116 valence electrons. The van der Waals surface area contributed by atoms with Crippen molar-refractivity contribution in [2.24, 2.45) is 0 Å². The van der Waals surface area contributed by atoms with Crippen molar-refractivity contribution in [2.75, 3.05) is 6.61 Å². The molecule has 1 aliphatic heterocycles. The monoisotopic (exact) mass is 301 g/mol. The summed E-state index contributed by atoms with van der Waals surface area (Å²) in [5.41, 5.74) is 2.57. The van der Waals surface area contributed by atoms with E-state index in [0.717, 1.165) is 11.1 Å². The van der Waals surface area contributed by atoms with Gasteiger partial charge in [0.05, 0.1) is 18.9 Å². The molecule has 0 fully saturated rings. The minimum atomic E-state index is -0.889. The summed E-state index contributed by atoms with van der Waals surface area (Å²) in [6.45, 7) is 3.96. The van der Waals surface area contributed by atoms with Crippen LogP contribution in [0.25, 0.3) is 0 Å². The predicted octanol–water partition coefficient (Wildman–Crippen LogP) is 2.63. The molecule has 1 amide bonds. The van der Waals surface area contributed by atoms with Gasteiger partial charge in [0.1, 0.15) is 17.6 Å². The van der Waals surface area contributed by atoms with Crippen LogP contribution in [0.15, 0.2) is 34.9 Å². The van der Waals surface area contributed by atoms with Gasteiger partial charge in [0.2, 0.25) is 5.91 Å². The van der Waals surface area contributed by atoms with Crippen LogP contribution >= 0.6 is 0 Å². The van der Waals surface area contributed by atoms with Gasteiger partial charge < -0.3 is 19.6 Å². The molecule has 0 radical (unpaired) electrons. The van der Waals surface area contributed by atoms with Crippen molar-refractivity contribution in [3.8, 4) is 5.75 Å². The van der Waals surface area contributed by atoms with Crippen molar-refractivity contribution in [3.05, 3.63) is 53.0 Å².